The molecule has 1 fully saturated rings. The smallest absolute Gasteiger partial charge is 0.438 e. The summed E-state index contributed by atoms with van der Waals surface area (Å²) in [6.45, 7) is 0.396. The zero-order valence-electron chi connectivity index (χ0n) is 18.1. The maximum atomic E-state index is 12.4. The molecule has 1 saturated heterocycles. The fourth-order valence-electron chi connectivity index (χ4n) is 3.04. The number of rotatable bonds is 9. The number of aromatic amines is 1. The van der Waals surface area contributed by atoms with Crippen LogP contribution in [0.25, 0.3) is 0 Å². The standard InChI is InChI=1S/C18H23N3O12P2/c1-2-34(26,27)33-35(28,29)30-10-12-14(23)15(32-18(25)19-11-6-4-3-5-7-11)16(31-12)21-9-8-13(22)20-17(21)24/h3-9,12,14-16,23H,2,10H2,1H3,(H,19,25)(H,26,27)(H,28,29)(H,20,22,24). The lowest BCUT2D eigenvalue weighted by atomic mass is 10.1. The van der Waals surface area contributed by atoms with Gasteiger partial charge in [0.05, 0.1) is 6.61 Å². The number of carbonyl (C=O) groups is 1. The highest BCUT2D eigenvalue weighted by Gasteiger charge is 2.49. The Morgan fingerprint density at radius 2 is 1.89 bits per heavy atom. The molecule has 0 bridgehead atoms. The SMILES string of the molecule is CCP(=O)(O)OP(=O)(O)OCC1OC(n2ccc(=O)[nH]c2=O)C(OC(=O)Nc2ccccc2)C1O. The molecule has 1 amide bonds. The Hall–Kier alpha value is -2.61. The quantitative estimate of drug-likeness (QED) is 0.281. The average Bonchev–Trinajstić information content (AvgIpc) is 3.07. The number of aliphatic hydroxyl groups is 1. The molecule has 15 nitrogen and oxygen atoms in total. The molecule has 2 aromatic rings. The third-order valence-corrected chi connectivity index (χ3v) is 7.85. The Morgan fingerprint density at radius 3 is 2.51 bits per heavy atom. The average molecular weight is 535 g/mol. The summed E-state index contributed by atoms with van der Waals surface area (Å²) in [4.78, 5) is 57.2. The molecule has 1 aromatic heterocycles. The van der Waals surface area contributed by atoms with Gasteiger partial charge in [0.1, 0.15) is 12.2 Å². The number of benzene rings is 1. The molecule has 0 aliphatic carbocycles. The normalized spacial score (nSPS) is 25.4. The molecule has 1 aromatic carbocycles. The van der Waals surface area contributed by atoms with Gasteiger partial charge in [0, 0.05) is 24.1 Å². The second kappa shape index (κ2) is 11.0. The fraction of sp³-hybridized carbons (Fsp3) is 0.389. The van der Waals surface area contributed by atoms with Crippen LogP contribution in [-0.4, -0.2) is 61.6 Å². The van der Waals surface area contributed by atoms with Crippen molar-refractivity contribution in [3.63, 3.8) is 0 Å². The van der Waals surface area contributed by atoms with Gasteiger partial charge in [-0.3, -0.25) is 28.8 Å². The van der Waals surface area contributed by atoms with E-state index in [1.54, 1.807) is 30.3 Å². The zero-order chi connectivity index (χ0) is 25.8. The van der Waals surface area contributed by atoms with Gasteiger partial charge in [-0.2, -0.15) is 0 Å². The number of nitrogens with one attached hydrogen (secondary N) is 2. The van der Waals surface area contributed by atoms with E-state index >= 15 is 0 Å². The number of hydrogen-bond donors (Lipinski definition) is 5. The Labute approximate surface area is 197 Å². The van der Waals surface area contributed by atoms with E-state index in [-0.39, 0.29) is 0 Å². The van der Waals surface area contributed by atoms with E-state index in [1.807, 2.05) is 4.98 Å². The number of aliphatic hydroxyl groups excluding tert-OH is 1. The number of hydrogen-bond acceptors (Lipinski definition) is 10. The van der Waals surface area contributed by atoms with Crippen LogP contribution in [0.3, 0.4) is 0 Å². The van der Waals surface area contributed by atoms with Gasteiger partial charge >= 0.3 is 27.2 Å². The molecule has 3 rings (SSSR count). The molecule has 0 saturated carbocycles. The highest BCUT2D eigenvalue weighted by Crippen LogP contribution is 2.59. The van der Waals surface area contributed by atoms with Crippen molar-refractivity contribution < 1.29 is 47.1 Å². The molecule has 192 valence electrons. The largest absolute Gasteiger partial charge is 0.479 e. The number of nitrogens with zero attached hydrogens (tertiary/aromatic N) is 1. The van der Waals surface area contributed by atoms with Crippen molar-refractivity contribution in [3.8, 4) is 0 Å². The molecule has 6 unspecified atom stereocenters. The molecule has 17 heteroatoms. The topological polar surface area (TPSA) is 216 Å². The van der Waals surface area contributed by atoms with Gasteiger partial charge in [0.25, 0.3) is 5.56 Å². The lowest BCUT2D eigenvalue weighted by Crippen LogP contribution is -2.41. The molecule has 35 heavy (non-hydrogen) atoms. The van der Waals surface area contributed by atoms with E-state index in [0.717, 1.165) is 16.8 Å². The summed E-state index contributed by atoms with van der Waals surface area (Å²) >= 11 is 0. The van der Waals surface area contributed by atoms with Gasteiger partial charge < -0.3 is 24.4 Å². The van der Waals surface area contributed by atoms with Gasteiger partial charge in [0.15, 0.2) is 12.3 Å². The zero-order valence-corrected chi connectivity index (χ0v) is 19.9. The van der Waals surface area contributed by atoms with Crippen LogP contribution in [0.4, 0.5) is 10.5 Å². The van der Waals surface area contributed by atoms with Crippen molar-refractivity contribution in [2.75, 3.05) is 18.1 Å². The summed E-state index contributed by atoms with van der Waals surface area (Å²) in [5.41, 5.74) is -1.30. The number of amides is 1. The number of aromatic nitrogens is 2. The van der Waals surface area contributed by atoms with Crippen LogP contribution >= 0.6 is 15.4 Å². The van der Waals surface area contributed by atoms with E-state index in [9.17, 15) is 38.4 Å². The summed E-state index contributed by atoms with van der Waals surface area (Å²) < 4.78 is 44.2. The van der Waals surface area contributed by atoms with Crippen molar-refractivity contribution in [1.29, 1.82) is 0 Å². The van der Waals surface area contributed by atoms with Crippen molar-refractivity contribution in [2.45, 2.75) is 31.5 Å². The summed E-state index contributed by atoms with van der Waals surface area (Å²) in [5, 5.41) is 13.1. The van der Waals surface area contributed by atoms with Gasteiger partial charge in [-0.1, -0.05) is 25.1 Å². The second-order valence-electron chi connectivity index (χ2n) is 7.23. The highest BCUT2D eigenvalue weighted by molar-refractivity contribution is 7.63. The van der Waals surface area contributed by atoms with E-state index < -0.39 is 70.1 Å². The molecular weight excluding hydrogens is 512 g/mol. The van der Waals surface area contributed by atoms with Crippen molar-refractivity contribution in [1.82, 2.24) is 9.55 Å². The molecule has 2 heterocycles. The first-order chi connectivity index (χ1) is 16.4. The van der Waals surface area contributed by atoms with Crippen molar-refractivity contribution in [2.24, 2.45) is 0 Å². The van der Waals surface area contributed by atoms with Crippen LogP contribution in [-0.2, 0) is 27.4 Å². The molecule has 1 aliphatic heterocycles. The first-order valence-electron chi connectivity index (χ1n) is 10.1. The number of phosphoric ester groups is 1. The number of phosphoric acid groups is 1. The van der Waals surface area contributed by atoms with E-state index in [1.165, 1.54) is 6.92 Å². The number of carbonyl (C=O) groups excluding carboxylic acids is 1. The van der Waals surface area contributed by atoms with E-state index in [2.05, 4.69) is 14.2 Å². The Balaban J connectivity index is 1.80. The first-order valence-corrected chi connectivity index (χ1v) is 13.3. The van der Waals surface area contributed by atoms with Crippen molar-refractivity contribution >= 4 is 27.2 Å². The Morgan fingerprint density at radius 1 is 1.20 bits per heavy atom. The molecule has 0 spiro atoms. The third-order valence-electron chi connectivity index (χ3n) is 4.73. The predicted octanol–water partition coefficient (Wildman–Crippen LogP) is 0.751. The molecule has 0 radical (unpaired) electrons. The fourth-order valence-corrected chi connectivity index (χ4v) is 5.31. The van der Waals surface area contributed by atoms with Crippen LogP contribution in [0, 0.1) is 0 Å². The molecular formula is C18H23N3O12P2. The van der Waals surface area contributed by atoms with Gasteiger partial charge in [-0.05, 0) is 12.1 Å². The maximum absolute atomic E-state index is 12.4. The first kappa shape index (κ1) is 27.0. The summed E-state index contributed by atoms with van der Waals surface area (Å²) in [6.07, 6.45) is -6.64. The summed E-state index contributed by atoms with van der Waals surface area (Å²) in [6, 6.07) is 9.14. The maximum Gasteiger partial charge on any atom is 0.479 e. The van der Waals surface area contributed by atoms with Crippen LogP contribution in [0.15, 0.2) is 52.2 Å². The Kier molecular flexibility index (Phi) is 8.46. The second-order valence-corrected chi connectivity index (χ2v) is 11.0. The summed E-state index contributed by atoms with van der Waals surface area (Å²) in [5.74, 6) is 0. The molecule has 6 atom stereocenters. The number of anilines is 1. The molecule has 5 N–H and O–H groups in total. The minimum Gasteiger partial charge on any atom is -0.438 e. The highest BCUT2D eigenvalue weighted by atomic mass is 31.3. The third kappa shape index (κ3) is 7.19. The van der Waals surface area contributed by atoms with Crippen LogP contribution in [0.2, 0.25) is 0 Å². The van der Waals surface area contributed by atoms with Crippen molar-refractivity contribution in [3.05, 3.63) is 63.4 Å². The van der Waals surface area contributed by atoms with E-state index in [0.29, 0.717) is 5.69 Å². The Bertz CT molecular complexity index is 1250. The predicted molar refractivity (Wildman–Crippen MR) is 119 cm³/mol. The van der Waals surface area contributed by atoms with E-state index in [4.69, 9.17) is 9.47 Å². The minimum atomic E-state index is -5.05. The van der Waals surface area contributed by atoms with Gasteiger partial charge in [0.2, 0.25) is 0 Å². The number of H-pyrrole nitrogens is 1. The van der Waals surface area contributed by atoms with Crippen LogP contribution in [0.1, 0.15) is 13.2 Å². The van der Waals surface area contributed by atoms with Gasteiger partial charge in [-0.15, -0.1) is 0 Å². The van der Waals surface area contributed by atoms with Crippen LogP contribution in [0.5, 0.6) is 0 Å². The monoisotopic (exact) mass is 535 g/mol. The molecule has 1 aliphatic rings. The lowest BCUT2D eigenvalue weighted by Gasteiger charge is -2.22. The van der Waals surface area contributed by atoms with Crippen LogP contribution < -0.4 is 16.6 Å². The minimum absolute atomic E-state index is 0.367. The lowest BCUT2D eigenvalue weighted by molar-refractivity contribution is -0.0550. The summed E-state index contributed by atoms with van der Waals surface area (Å²) in [7, 11) is -9.46. The number of ether oxygens (including phenoxy) is 2. The van der Waals surface area contributed by atoms with Gasteiger partial charge in [-0.25, -0.2) is 18.5 Å². The number of para-hydroxylation sites is 1.